The minimum absolute atomic E-state index is 0.0858. The van der Waals surface area contributed by atoms with Crippen LogP contribution >= 0.6 is 0 Å². The maximum absolute atomic E-state index is 13.0. The SMILES string of the molecule is CCOC(CC1CC=C(C(=O)c2ccccc2)c2ccccc21)OCC. The maximum atomic E-state index is 13.0. The van der Waals surface area contributed by atoms with Crippen molar-refractivity contribution in [1.82, 2.24) is 0 Å². The predicted molar refractivity (Wildman–Crippen MR) is 104 cm³/mol. The summed E-state index contributed by atoms with van der Waals surface area (Å²) in [6, 6.07) is 17.7. The molecule has 26 heavy (non-hydrogen) atoms. The molecule has 0 fully saturated rings. The quantitative estimate of drug-likeness (QED) is 0.483. The van der Waals surface area contributed by atoms with Gasteiger partial charge in [0.1, 0.15) is 0 Å². The number of hydrogen-bond acceptors (Lipinski definition) is 3. The van der Waals surface area contributed by atoms with E-state index in [0.29, 0.717) is 19.1 Å². The van der Waals surface area contributed by atoms with Crippen molar-refractivity contribution in [3.8, 4) is 0 Å². The Bertz CT molecular complexity index is 758. The Balaban J connectivity index is 1.87. The lowest BCUT2D eigenvalue weighted by Crippen LogP contribution is -2.22. The molecule has 0 aromatic heterocycles. The average Bonchev–Trinajstić information content (AvgIpc) is 2.69. The molecule has 0 heterocycles. The summed E-state index contributed by atoms with van der Waals surface area (Å²) < 4.78 is 11.5. The lowest BCUT2D eigenvalue weighted by Gasteiger charge is -2.28. The van der Waals surface area contributed by atoms with Crippen LogP contribution in [0.2, 0.25) is 0 Å². The Labute approximate surface area is 155 Å². The molecule has 3 nitrogen and oxygen atoms in total. The van der Waals surface area contributed by atoms with Gasteiger partial charge in [0.2, 0.25) is 0 Å². The number of rotatable bonds is 8. The van der Waals surface area contributed by atoms with Crippen LogP contribution in [0.1, 0.15) is 54.1 Å². The first-order valence-corrected chi connectivity index (χ1v) is 9.37. The molecule has 0 spiro atoms. The molecule has 0 amide bonds. The van der Waals surface area contributed by atoms with Gasteiger partial charge in [-0.25, -0.2) is 0 Å². The second-order valence-corrected chi connectivity index (χ2v) is 6.41. The van der Waals surface area contributed by atoms with E-state index in [0.717, 1.165) is 29.5 Å². The lowest BCUT2D eigenvalue weighted by atomic mass is 9.79. The van der Waals surface area contributed by atoms with Crippen molar-refractivity contribution in [2.75, 3.05) is 13.2 Å². The number of Topliss-reactive ketones (excluding diaryl/α,β-unsaturated/α-hetero) is 1. The van der Waals surface area contributed by atoms with Crippen molar-refractivity contribution < 1.29 is 14.3 Å². The van der Waals surface area contributed by atoms with E-state index in [1.54, 1.807) is 0 Å². The third-order valence-corrected chi connectivity index (χ3v) is 4.76. The molecule has 0 radical (unpaired) electrons. The highest BCUT2D eigenvalue weighted by molar-refractivity contribution is 6.29. The number of ether oxygens (including phenoxy) is 2. The van der Waals surface area contributed by atoms with Gasteiger partial charge in [-0.15, -0.1) is 0 Å². The Morgan fingerprint density at radius 2 is 1.65 bits per heavy atom. The van der Waals surface area contributed by atoms with E-state index in [1.165, 1.54) is 5.56 Å². The van der Waals surface area contributed by atoms with Crippen molar-refractivity contribution in [2.45, 2.75) is 38.9 Å². The largest absolute Gasteiger partial charge is 0.353 e. The Morgan fingerprint density at radius 3 is 2.35 bits per heavy atom. The van der Waals surface area contributed by atoms with Crippen LogP contribution < -0.4 is 0 Å². The second-order valence-electron chi connectivity index (χ2n) is 6.41. The summed E-state index contributed by atoms with van der Waals surface area (Å²) in [5.41, 5.74) is 3.77. The van der Waals surface area contributed by atoms with Crippen LogP contribution in [0.25, 0.3) is 5.57 Å². The highest BCUT2D eigenvalue weighted by Crippen LogP contribution is 2.38. The van der Waals surface area contributed by atoms with E-state index in [4.69, 9.17) is 9.47 Å². The normalized spacial score (nSPS) is 16.3. The molecule has 2 aromatic carbocycles. The molecule has 1 aliphatic rings. The van der Waals surface area contributed by atoms with Gasteiger partial charge in [-0.1, -0.05) is 60.7 Å². The van der Waals surface area contributed by atoms with Crippen molar-refractivity contribution in [3.05, 3.63) is 77.4 Å². The van der Waals surface area contributed by atoms with E-state index in [2.05, 4.69) is 12.1 Å². The molecule has 1 atom stereocenters. The summed E-state index contributed by atoms with van der Waals surface area (Å²) in [5.74, 6) is 0.379. The van der Waals surface area contributed by atoms with Gasteiger partial charge in [0, 0.05) is 30.8 Å². The number of carbonyl (C=O) groups is 1. The molecule has 1 unspecified atom stereocenters. The molecule has 2 aromatic rings. The van der Waals surface area contributed by atoms with Gasteiger partial charge in [-0.2, -0.15) is 0 Å². The summed E-state index contributed by atoms with van der Waals surface area (Å²) in [4.78, 5) is 13.0. The van der Waals surface area contributed by atoms with Crippen LogP contribution in [0.3, 0.4) is 0 Å². The van der Waals surface area contributed by atoms with Crippen LogP contribution in [0.5, 0.6) is 0 Å². The second kappa shape index (κ2) is 8.93. The van der Waals surface area contributed by atoms with Crippen LogP contribution in [-0.2, 0) is 9.47 Å². The molecule has 1 aliphatic carbocycles. The van der Waals surface area contributed by atoms with Crippen molar-refractivity contribution in [2.24, 2.45) is 0 Å². The number of ketones is 1. The van der Waals surface area contributed by atoms with Gasteiger partial charge in [-0.3, -0.25) is 4.79 Å². The molecular formula is C23H26O3. The fourth-order valence-electron chi connectivity index (χ4n) is 3.57. The monoisotopic (exact) mass is 350 g/mol. The maximum Gasteiger partial charge on any atom is 0.193 e. The zero-order chi connectivity index (χ0) is 18.4. The molecule has 136 valence electrons. The Morgan fingerprint density at radius 1 is 1.00 bits per heavy atom. The number of carbonyl (C=O) groups excluding carboxylic acids is 1. The summed E-state index contributed by atoms with van der Waals surface area (Å²) >= 11 is 0. The van der Waals surface area contributed by atoms with Gasteiger partial charge < -0.3 is 9.47 Å². The summed E-state index contributed by atoms with van der Waals surface area (Å²) in [6.45, 7) is 5.23. The van der Waals surface area contributed by atoms with Crippen LogP contribution in [0.15, 0.2) is 60.7 Å². The number of allylic oxidation sites excluding steroid dienone is 2. The van der Waals surface area contributed by atoms with Gasteiger partial charge >= 0.3 is 0 Å². The average molecular weight is 350 g/mol. The zero-order valence-electron chi connectivity index (χ0n) is 15.5. The minimum Gasteiger partial charge on any atom is -0.353 e. The zero-order valence-corrected chi connectivity index (χ0v) is 15.5. The third kappa shape index (κ3) is 4.12. The summed E-state index contributed by atoms with van der Waals surface area (Å²) in [5, 5.41) is 0. The van der Waals surface area contributed by atoms with Crippen molar-refractivity contribution in [3.63, 3.8) is 0 Å². The lowest BCUT2D eigenvalue weighted by molar-refractivity contribution is -0.142. The van der Waals surface area contributed by atoms with Crippen molar-refractivity contribution >= 4 is 11.4 Å². The van der Waals surface area contributed by atoms with Gasteiger partial charge in [0.25, 0.3) is 0 Å². The van der Waals surface area contributed by atoms with Gasteiger partial charge in [0.15, 0.2) is 12.1 Å². The van der Waals surface area contributed by atoms with E-state index < -0.39 is 0 Å². The van der Waals surface area contributed by atoms with Crippen molar-refractivity contribution in [1.29, 1.82) is 0 Å². The topological polar surface area (TPSA) is 35.5 Å². The highest BCUT2D eigenvalue weighted by Gasteiger charge is 2.27. The van der Waals surface area contributed by atoms with Gasteiger partial charge in [0.05, 0.1) is 0 Å². The molecule has 0 bridgehead atoms. The van der Waals surface area contributed by atoms with Crippen LogP contribution in [-0.4, -0.2) is 25.3 Å². The summed E-state index contributed by atoms with van der Waals surface area (Å²) in [6.07, 6.45) is 3.49. The van der Waals surface area contributed by atoms with E-state index in [1.807, 2.05) is 62.4 Å². The first-order chi connectivity index (χ1) is 12.7. The Hall–Kier alpha value is -2.23. The molecular weight excluding hydrogens is 324 g/mol. The smallest absolute Gasteiger partial charge is 0.193 e. The first-order valence-electron chi connectivity index (χ1n) is 9.37. The minimum atomic E-state index is -0.206. The fraction of sp³-hybridized carbons (Fsp3) is 0.348. The molecule has 3 rings (SSSR count). The summed E-state index contributed by atoms with van der Waals surface area (Å²) in [7, 11) is 0. The molecule has 0 N–H and O–H groups in total. The predicted octanol–water partition coefficient (Wildman–Crippen LogP) is 5.23. The Kier molecular flexibility index (Phi) is 6.37. The number of benzene rings is 2. The molecule has 0 saturated carbocycles. The fourth-order valence-corrected chi connectivity index (χ4v) is 3.57. The van der Waals surface area contributed by atoms with Crippen LogP contribution in [0, 0.1) is 0 Å². The third-order valence-electron chi connectivity index (χ3n) is 4.76. The van der Waals surface area contributed by atoms with E-state index in [9.17, 15) is 4.79 Å². The number of fused-ring (bicyclic) bond motifs is 1. The standard InChI is InChI=1S/C23H26O3/c1-3-25-22(26-4-2)16-18-14-15-21(20-13-9-8-12-19(18)20)23(24)17-10-6-5-7-11-17/h5-13,15,18,22H,3-4,14,16H2,1-2H3. The highest BCUT2D eigenvalue weighted by atomic mass is 16.7. The van der Waals surface area contributed by atoms with E-state index in [-0.39, 0.29) is 12.1 Å². The molecule has 0 saturated heterocycles. The van der Waals surface area contributed by atoms with E-state index >= 15 is 0 Å². The molecule has 3 heteroatoms. The number of hydrogen-bond donors (Lipinski definition) is 0. The van der Waals surface area contributed by atoms with Crippen LogP contribution in [0.4, 0.5) is 0 Å². The van der Waals surface area contributed by atoms with Gasteiger partial charge in [-0.05, 0) is 37.3 Å². The first kappa shape index (κ1) is 18.6. The molecule has 0 aliphatic heterocycles.